The van der Waals surface area contributed by atoms with Crippen molar-refractivity contribution in [2.75, 3.05) is 31.6 Å². The number of amides is 1. The van der Waals surface area contributed by atoms with Crippen LogP contribution in [0.25, 0.3) is 5.78 Å². The lowest BCUT2D eigenvalue weighted by atomic mass is 10.3. The van der Waals surface area contributed by atoms with Crippen LogP contribution in [0.5, 0.6) is 5.75 Å². The number of anilines is 1. The molecule has 26 heavy (non-hydrogen) atoms. The summed E-state index contributed by atoms with van der Waals surface area (Å²) in [5.74, 6) is 0.841. The minimum atomic E-state index is -0.384. The van der Waals surface area contributed by atoms with Crippen molar-refractivity contribution in [2.24, 2.45) is 0 Å². The SMILES string of the molecule is CCN(CC)CCOc1ccc(NC(=O)c2nc3ncccn3n2)cc1. The fourth-order valence-corrected chi connectivity index (χ4v) is 2.48. The highest BCUT2D eigenvalue weighted by Gasteiger charge is 2.13. The van der Waals surface area contributed by atoms with Crippen LogP contribution >= 0.6 is 0 Å². The Morgan fingerprint density at radius 1 is 1.23 bits per heavy atom. The number of nitrogens with one attached hydrogen (secondary N) is 1. The van der Waals surface area contributed by atoms with Crippen molar-refractivity contribution in [3.05, 3.63) is 48.5 Å². The molecule has 136 valence electrons. The molecule has 2 aromatic heterocycles. The van der Waals surface area contributed by atoms with Crippen LogP contribution in [0.3, 0.4) is 0 Å². The van der Waals surface area contributed by atoms with Gasteiger partial charge in [-0.05, 0) is 43.4 Å². The van der Waals surface area contributed by atoms with Crippen LogP contribution in [0.15, 0.2) is 42.7 Å². The average Bonchev–Trinajstić information content (AvgIpc) is 3.11. The summed E-state index contributed by atoms with van der Waals surface area (Å²) < 4.78 is 7.19. The molecule has 0 bridgehead atoms. The number of ether oxygens (including phenoxy) is 1. The van der Waals surface area contributed by atoms with Crippen molar-refractivity contribution in [1.29, 1.82) is 0 Å². The molecule has 3 aromatic rings. The van der Waals surface area contributed by atoms with Crippen LogP contribution in [0.2, 0.25) is 0 Å². The highest BCUT2D eigenvalue weighted by atomic mass is 16.5. The first-order valence-corrected chi connectivity index (χ1v) is 8.63. The van der Waals surface area contributed by atoms with Crippen LogP contribution in [0.4, 0.5) is 5.69 Å². The minimum Gasteiger partial charge on any atom is -0.492 e. The van der Waals surface area contributed by atoms with Gasteiger partial charge in [0.05, 0.1) is 0 Å². The fourth-order valence-electron chi connectivity index (χ4n) is 2.48. The van der Waals surface area contributed by atoms with Gasteiger partial charge in [0.25, 0.3) is 11.7 Å². The number of rotatable bonds is 8. The smallest absolute Gasteiger partial charge is 0.295 e. The van der Waals surface area contributed by atoms with E-state index in [2.05, 4.69) is 39.1 Å². The van der Waals surface area contributed by atoms with Gasteiger partial charge in [-0.1, -0.05) is 13.8 Å². The Bertz CT molecular complexity index is 825. The number of nitrogens with zero attached hydrogens (tertiary/aromatic N) is 5. The van der Waals surface area contributed by atoms with Gasteiger partial charge in [-0.25, -0.2) is 9.50 Å². The number of hydrogen-bond acceptors (Lipinski definition) is 6. The molecule has 0 aliphatic carbocycles. The van der Waals surface area contributed by atoms with Crippen molar-refractivity contribution in [3.63, 3.8) is 0 Å². The average molecular weight is 354 g/mol. The Labute approximate surface area is 151 Å². The summed E-state index contributed by atoms with van der Waals surface area (Å²) in [6, 6.07) is 8.96. The van der Waals surface area contributed by atoms with Gasteiger partial charge < -0.3 is 15.0 Å². The third-order valence-corrected chi connectivity index (χ3v) is 4.00. The van der Waals surface area contributed by atoms with Gasteiger partial charge in [0, 0.05) is 24.6 Å². The van der Waals surface area contributed by atoms with E-state index < -0.39 is 0 Å². The molecule has 0 saturated carbocycles. The van der Waals surface area contributed by atoms with Crippen molar-refractivity contribution in [1.82, 2.24) is 24.5 Å². The van der Waals surface area contributed by atoms with Crippen molar-refractivity contribution < 1.29 is 9.53 Å². The Morgan fingerprint density at radius 2 is 2.00 bits per heavy atom. The third-order valence-electron chi connectivity index (χ3n) is 4.00. The number of fused-ring (bicyclic) bond motifs is 1. The summed E-state index contributed by atoms with van der Waals surface area (Å²) in [6.45, 7) is 7.81. The maximum absolute atomic E-state index is 12.3. The molecule has 2 heterocycles. The monoisotopic (exact) mass is 354 g/mol. The van der Waals surface area contributed by atoms with E-state index in [0.717, 1.165) is 25.4 Å². The van der Waals surface area contributed by atoms with Crippen molar-refractivity contribution in [3.8, 4) is 5.75 Å². The zero-order valence-corrected chi connectivity index (χ0v) is 14.9. The summed E-state index contributed by atoms with van der Waals surface area (Å²) in [6.07, 6.45) is 3.29. The topological polar surface area (TPSA) is 84.6 Å². The molecule has 8 nitrogen and oxygen atoms in total. The second kappa shape index (κ2) is 8.39. The second-order valence-corrected chi connectivity index (χ2v) is 5.65. The molecule has 0 aliphatic heterocycles. The molecule has 1 aromatic carbocycles. The van der Waals surface area contributed by atoms with Crippen LogP contribution in [-0.4, -0.2) is 56.6 Å². The zero-order valence-electron chi connectivity index (χ0n) is 14.9. The summed E-state index contributed by atoms with van der Waals surface area (Å²) in [7, 11) is 0. The first-order chi connectivity index (χ1) is 12.7. The number of benzene rings is 1. The van der Waals surface area contributed by atoms with Crippen LogP contribution in [0, 0.1) is 0 Å². The molecule has 0 aliphatic rings. The normalized spacial score (nSPS) is 11.0. The van der Waals surface area contributed by atoms with E-state index in [0.29, 0.717) is 18.1 Å². The first-order valence-electron chi connectivity index (χ1n) is 8.63. The van der Waals surface area contributed by atoms with E-state index in [9.17, 15) is 4.79 Å². The lowest BCUT2D eigenvalue weighted by Gasteiger charge is -2.18. The second-order valence-electron chi connectivity index (χ2n) is 5.65. The van der Waals surface area contributed by atoms with Crippen molar-refractivity contribution >= 4 is 17.4 Å². The first kappa shape index (κ1) is 17.8. The highest BCUT2D eigenvalue weighted by molar-refractivity contribution is 6.01. The fraction of sp³-hybridized carbons (Fsp3) is 0.333. The van der Waals surface area contributed by atoms with Gasteiger partial charge in [0.1, 0.15) is 12.4 Å². The molecular weight excluding hydrogens is 332 g/mol. The van der Waals surface area contributed by atoms with E-state index in [1.54, 1.807) is 30.6 Å². The van der Waals surface area contributed by atoms with Gasteiger partial charge in [-0.15, -0.1) is 5.10 Å². The van der Waals surface area contributed by atoms with Gasteiger partial charge in [-0.2, -0.15) is 4.98 Å². The quantitative estimate of drug-likeness (QED) is 0.667. The molecule has 8 heteroatoms. The van der Waals surface area contributed by atoms with Crippen LogP contribution in [-0.2, 0) is 0 Å². The molecule has 1 amide bonds. The molecule has 0 spiro atoms. The molecule has 0 radical (unpaired) electrons. The largest absolute Gasteiger partial charge is 0.492 e. The summed E-state index contributed by atoms with van der Waals surface area (Å²) in [4.78, 5) is 22.7. The Morgan fingerprint density at radius 3 is 2.69 bits per heavy atom. The predicted octanol–water partition coefficient (Wildman–Crippen LogP) is 2.10. The zero-order chi connectivity index (χ0) is 18.4. The summed E-state index contributed by atoms with van der Waals surface area (Å²) in [5.41, 5.74) is 0.651. The van der Waals surface area contributed by atoms with E-state index in [4.69, 9.17) is 4.74 Å². The third kappa shape index (κ3) is 4.34. The number of carbonyl (C=O) groups is 1. The molecule has 1 N–H and O–H groups in total. The van der Waals surface area contributed by atoms with E-state index in [-0.39, 0.29) is 11.7 Å². The lowest BCUT2D eigenvalue weighted by Crippen LogP contribution is -2.27. The van der Waals surface area contributed by atoms with Gasteiger partial charge in [-0.3, -0.25) is 4.79 Å². The van der Waals surface area contributed by atoms with E-state index >= 15 is 0 Å². The number of hydrogen-bond donors (Lipinski definition) is 1. The molecule has 0 unspecified atom stereocenters. The molecule has 0 saturated heterocycles. The lowest BCUT2D eigenvalue weighted by molar-refractivity contribution is 0.101. The van der Waals surface area contributed by atoms with Crippen LogP contribution < -0.4 is 10.1 Å². The predicted molar refractivity (Wildman–Crippen MR) is 98.5 cm³/mol. The molecule has 3 rings (SSSR count). The van der Waals surface area contributed by atoms with E-state index in [1.807, 2.05) is 12.1 Å². The van der Waals surface area contributed by atoms with E-state index in [1.165, 1.54) is 4.52 Å². The Kier molecular flexibility index (Phi) is 5.75. The summed E-state index contributed by atoms with van der Waals surface area (Å²) >= 11 is 0. The number of likely N-dealkylation sites (N-methyl/N-ethyl adjacent to an activating group) is 1. The van der Waals surface area contributed by atoms with Gasteiger partial charge in [0.15, 0.2) is 0 Å². The summed E-state index contributed by atoms with van der Waals surface area (Å²) in [5, 5.41) is 6.87. The standard InChI is InChI=1S/C18H22N6O2/c1-3-23(4-2)12-13-26-15-8-6-14(7-9-15)20-17(25)16-21-18-19-10-5-11-24(18)22-16/h5-11H,3-4,12-13H2,1-2H3,(H,20,25). The van der Waals surface area contributed by atoms with Crippen LogP contribution in [0.1, 0.15) is 24.5 Å². The molecule has 0 atom stereocenters. The molecule has 0 fully saturated rings. The van der Waals surface area contributed by atoms with Gasteiger partial charge in [0.2, 0.25) is 5.82 Å². The molecular formula is C18H22N6O2. The Balaban J connectivity index is 1.56. The maximum Gasteiger partial charge on any atom is 0.295 e. The maximum atomic E-state index is 12.3. The number of aromatic nitrogens is 4. The van der Waals surface area contributed by atoms with Gasteiger partial charge >= 0.3 is 0 Å². The highest BCUT2D eigenvalue weighted by Crippen LogP contribution is 2.16. The van der Waals surface area contributed by atoms with Crippen molar-refractivity contribution in [2.45, 2.75) is 13.8 Å². The number of carbonyl (C=O) groups excluding carboxylic acids is 1. The Hall–Kier alpha value is -3.00. The minimum absolute atomic E-state index is 0.0725.